The Morgan fingerprint density at radius 3 is 2.38 bits per heavy atom. The second-order valence-corrected chi connectivity index (χ2v) is 6.08. The molecule has 118 valence electrons. The Morgan fingerprint density at radius 2 is 1.90 bits per heavy atom. The summed E-state index contributed by atoms with van der Waals surface area (Å²) in [5.41, 5.74) is 0.605. The zero-order chi connectivity index (χ0) is 15.4. The van der Waals surface area contributed by atoms with E-state index in [9.17, 15) is 8.78 Å². The highest BCUT2D eigenvalue weighted by Gasteiger charge is 2.32. The van der Waals surface area contributed by atoms with Crippen LogP contribution < -0.4 is 10.2 Å². The van der Waals surface area contributed by atoms with Crippen LogP contribution in [-0.2, 0) is 6.54 Å². The molecule has 1 aliphatic carbocycles. The monoisotopic (exact) mass is 298 g/mol. The van der Waals surface area contributed by atoms with Crippen LogP contribution in [0.1, 0.15) is 32.3 Å². The standard InChI is InChI=1S/C16H24F2N2O/c1-11(2)9-19-10-12-7-14(17)16(15(18)8-12)20(5-6-21)13-3-4-13/h7-8,11,13,19,21H,3-6,9-10H2,1-2H3. The van der Waals surface area contributed by atoms with Gasteiger partial charge in [0.2, 0.25) is 0 Å². The first-order valence-electron chi connectivity index (χ1n) is 7.59. The summed E-state index contributed by atoms with van der Waals surface area (Å²) in [6.07, 6.45) is 1.85. The molecule has 0 amide bonds. The van der Waals surface area contributed by atoms with Crippen LogP contribution in [0.5, 0.6) is 0 Å². The van der Waals surface area contributed by atoms with Crippen molar-refractivity contribution in [3.05, 3.63) is 29.3 Å². The van der Waals surface area contributed by atoms with Crippen LogP contribution >= 0.6 is 0 Å². The van der Waals surface area contributed by atoms with E-state index >= 15 is 0 Å². The molecule has 0 aromatic heterocycles. The fraction of sp³-hybridized carbons (Fsp3) is 0.625. The Kier molecular flexibility index (Phi) is 5.53. The van der Waals surface area contributed by atoms with E-state index in [0.717, 1.165) is 19.4 Å². The molecule has 5 heteroatoms. The first-order valence-corrected chi connectivity index (χ1v) is 7.59. The highest BCUT2D eigenvalue weighted by Crippen LogP contribution is 2.35. The molecule has 1 aromatic carbocycles. The Bertz CT molecular complexity index is 452. The molecule has 1 aliphatic rings. The first kappa shape index (κ1) is 16.2. The highest BCUT2D eigenvalue weighted by molar-refractivity contribution is 5.52. The molecule has 1 saturated carbocycles. The average Bonchev–Trinajstić information content (AvgIpc) is 3.20. The lowest BCUT2D eigenvalue weighted by Crippen LogP contribution is -2.31. The highest BCUT2D eigenvalue weighted by atomic mass is 19.1. The van der Waals surface area contributed by atoms with Gasteiger partial charge in [0.15, 0.2) is 0 Å². The second-order valence-electron chi connectivity index (χ2n) is 6.08. The molecule has 0 atom stereocenters. The number of aliphatic hydroxyl groups excluding tert-OH is 1. The fourth-order valence-electron chi connectivity index (χ4n) is 2.47. The predicted molar refractivity (Wildman–Crippen MR) is 80.4 cm³/mol. The number of anilines is 1. The lowest BCUT2D eigenvalue weighted by molar-refractivity contribution is 0.300. The van der Waals surface area contributed by atoms with Crippen LogP contribution in [0, 0.1) is 17.6 Å². The molecular weight excluding hydrogens is 274 g/mol. The summed E-state index contributed by atoms with van der Waals surface area (Å²) in [6.45, 7) is 5.59. The van der Waals surface area contributed by atoms with Crippen molar-refractivity contribution in [3.63, 3.8) is 0 Å². The summed E-state index contributed by atoms with van der Waals surface area (Å²) in [4.78, 5) is 1.65. The third kappa shape index (κ3) is 4.38. The van der Waals surface area contributed by atoms with Gasteiger partial charge in [0.05, 0.1) is 6.61 Å². The number of benzene rings is 1. The largest absolute Gasteiger partial charge is 0.395 e. The molecule has 1 aromatic rings. The van der Waals surface area contributed by atoms with E-state index in [0.29, 0.717) is 18.0 Å². The Morgan fingerprint density at radius 1 is 1.29 bits per heavy atom. The number of rotatable bonds is 8. The number of halogens is 2. The van der Waals surface area contributed by atoms with Crippen molar-refractivity contribution in [2.24, 2.45) is 5.92 Å². The summed E-state index contributed by atoms with van der Waals surface area (Å²) in [5.74, 6) is -0.595. The molecule has 0 radical (unpaired) electrons. The number of nitrogens with one attached hydrogen (secondary N) is 1. The molecule has 1 fully saturated rings. The van der Waals surface area contributed by atoms with E-state index in [2.05, 4.69) is 19.2 Å². The summed E-state index contributed by atoms with van der Waals surface area (Å²) >= 11 is 0. The van der Waals surface area contributed by atoms with E-state index in [-0.39, 0.29) is 24.9 Å². The van der Waals surface area contributed by atoms with E-state index in [4.69, 9.17) is 5.11 Å². The number of aliphatic hydroxyl groups is 1. The van der Waals surface area contributed by atoms with Gasteiger partial charge in [-0.3, -0.25) is 0 Å². The zero-order valence-electron chi connectivity index (χ0n) is 12.7. The van der Waals surface area contributed by atoms with Gasteiger partial charge < -0.3 is 15.3 Å². The molecule has 0 unspecified atom stereocenters. The first-order chi connectivity index (χ1) is 10.0. The lowest BCUT2D eigenvalue weighted by Gasteiger charge is -2.25. The van der Waals surface area contributed by atoms with E-state index < -0.39 is 11.6 Å². The van der Waals surface area contributed by atoms with Gasteiger partial charge in [0.1, 0.15) is 17.3 Å². The van der Waals surface area contributed by atoms with Crippen LogP contribution in [0.2, 0.25) is 0 Å². The SMILES string of the molecule is CC(C)CNCc1cc(F)c(N(CCO)C2CC2)c(F)c1. The second kappa shape index (κ2) is 7.18. The number of hydrogen-bond acceptors (Lipinski definition) is 3. The molecule has 2 N–H and O–H groups in total. The van der Waals surface area contributed by atoms with Crippen molar-refractivity contribution in [1.29, 1.82) is 0 Å². The third-order valence-corrected chi connectivity index (χ3v) is 3.57. The van der Waals surface area contributed by atoms with Gasteiger partial charge in [0.25, 0.3) is 0 Å². The summed E-state index contributed by atoms with van der Waals surface area (Å²) < 4.78 is 28.5. The molecular formula is C16H24F2N2O. The van der Waals surface area contributed by atoms with Crippen molar-refractivity contribution >= 4 is 5.69 Å². The lowest BCUT2D eigenvalue weighted by atomic mass is 10.1. The zero-order valence-corrected chi connectivity index (χ0v) is 12.7. The van der Waals surface area contributed by atoms with Crippen LogP contribution in [-0.4, -0.2) is 30.8 Å². The van der Waals surface area contributed by atoms with Crippen molar-refractivity contribution < 1.29 is 13.9 Å². The minimum absolute atomic E-state index is 0.000778. The van der Waals surface area contributed by atoms with Crippen LogP contribution in [0.15, 0.2) is 12.1 Å². The Labute approximate surface area is 125 Å². The quantitative estimate of drug-likeness (QED) is 0.774. The van der Waals surface area contributed by atoms with Crippen molar-refractivity contribution in [2.45, 2.75) is 39.3 Å². The van der Waals surface area contributed by atoms with Crippen molar-refractivity contribution in [2.75, 3.05) is 24.6 Å². The third-order valence-electron chi connectivity index (χ3n) is 3.57. The minimum Gasteiger partial charge on any atom is -0.395 e. The van der Waals surface area contributed by atoms with Crippen LogP contribution in [0.25, 0.3) is 0 Å². The van der Waals surface area contributed by atoms with Gasteiger partial charge >= 0.3 is 0 Å². The van der Waals surface area contributed by atoms with Gasteiger partial charge in [-0.05, 0) is 43.0 Å². The molecule has 0 aliphatic heterocycles. The van der Waals surface area contributed by atoms with Gasteiger partial charge in [-0.2, -0.15) is 0 Å². The topological polar surface area (TPSA) is 35.5 Å². The molecule has 0 bridgehead atoms. The van der Waals surface area contributed by atoms with Gasteiger partial charge in [-0.1, -0.05) is 13.8 Å². The van der Waals surface area contributed by atoms with Crippen molar-refractivity contribution in [3.8, 4) is 0 Å². The van der Waals surface area contributed by atoms with Gasteiger partial charge in [-0.25, -0.2) is 8.78 Å². The van der Waals surface area contributed by atoms with Crippen LogP contribution in [0.4, 0.5) is 14.5 Å². The Hall–Kier alpha value is -1.20. The average molecular weight is 298 g/mol. The number of hydrogen-bond donors (Lipinski definition) is 2. The molecule has 0 spiro atoms. The van der Waals surface area contributed by atoms with Crippen LogP contribution in [0.3, 0.4) is 0 Å². The van der Waals surface area contributed by atoms with Gasteiger partial charge in [-0.15, -0.1) is 0 Å². The molecule has 3 nitrogen and oxygen atoms in total. The molecule has 21 heavy (non-hydrogen) atoms. The smallest absolute Gasteiger partial charge is 0.149 e. The maximum Gasteiger partial charge on any atom is 0.149 e. The molecule has 0 heterocycles. The van der Waals surface area contributed by atoms with E-state index in [1.807, 2.05) is 0 Å². The summed E-state index contributed by atoms with van der Waals surface area (Å²) in [5, 5.41) is 12.3. The summed E-state index contributed by atoms with van der Waals surface area (Å²) in [6, 6.07) is 2.93. The minimum atomic E-state index is -0.545. The normalized spacial score (nSPS) is 14.8. The Balaban J connectivity index is 2.12. The van der Waals surface area contributed by atoms with E-state index in [1.54, 1.807) is 4.90 Å². The molecule has 0 saturated heterocycles. The van der Waals surface area contributed by atoms with Crippen molar-refractivity contribution in [1.82, 2.24) is 5.32 Å². The van der Waals surface area contributed by atoms with Gasteiger partial charge in [0, 0.05) is 19.1 Å². The molecule has 2 rings (SSSR count). The predicted octanol–water partition coefficient (Wildman–Crippen LogP) is 2.67. The maximum absolute atomic E-state index is 14.3. The fourth-order valence-corrected chi connectivity index (χ4v) is 2.47. The maximum atomic E-state index is 14.3. The van der Waals surface area contributed by atoms with E-state index in [1.165, 1.54) is 12.1 Å². The number of nitrogens with zero attached hydrogens (tertiary/aromatic N) is 1. The summed E-state index contributed by atoms with van der Waals surface area (Å²) in [7, 11) is 0.